The van der Waals surface area contributed by atoms with Crippen LogP contribution in [0.3, 0.4) is 0 Å². The van der Waals surface area contributed by atoms with Crippen LogP contribution < -0.4 is 14.8 Å². The van der Waals surface area contributed by atoms with E-state index >= 15 is 0 Å². The molecule has 1 heterocycles. The number of nitrogens with one attached hydrogen (secondary N) is 1. The van der Waals surface area contributed by atoms with Gasteiger partial charge in [-0.3, -0.25) is 9.69 Å². The number of amides is 2. The maximum atomic E-state index is 12.7. The second-order valence-electron chi connectivity index (χ2n) is 8.04. The zero-order valence-electron chi connectivity index (χ0n) is 18.8. The van der Waals surface area contributed by atoms with E-state index in [9.17, 15) is 27.9 Å². The quantitative estimate of drug-likeness (QED) is 0.562. The van der Waals surface area contributed by atoms with E-state index in [4.69, 9.17) is 10.00 Å². The molecule has 0 radical (unpaired) electrons. The summed E-state index contributed by atoms with van der Waals surface area (Å²) < 4.78 is 46.9. The number of hydrogen-bond donors (Lipinski definition) is 2. The number of pyridine rings is 1. The van der Waals surface area contributed by atoms with Gasteiger partial charge in [0, 0.05) is 17.7 Å². The van der Waals surface area contributed by atoms with Crippen molar-refractivity contribution in [3.63, 3.8) is 0 Å². The van der Waals surface area contributed by atoms with Gasteiger partial charge in [-0.15, -0.1) is 13.2 Å². The molecule has 0 saturated carbocycles. The molecule has 0 aliphatic carbocycles. The third-order valence-corrected chi connectivity index (χ3v) is 4.46. The van der Waals surface area contributed by atoms with Crippen LogP contribution in [0.5, 0.6) is 17.4 Å². The number of halogens is 3. The third-order valence-electron chi connectivity index (χ3n) is 4.46. The summed E-state index contributed by atoms with van der Waals surface area (Å²) >= 11 is 0. The number of carbonyl (C=O) groups is 2. The van der Waals surface area contributed by atoms with Crippen LogP contribution in [0.2, 0.25) is 0 Å². The predicted molar refractivity (Wildman–Crippen MR) is 114 cm³/mol. The van der Waals surface area contributed by atoms with Crippen LogP contribution in [0.4, 0.5) is 23.7 Å². The molecule has 2 amide bonds. The van der Waals surface area contributed by atoms with Crippen molar-refractivity contribution in [2.45, 2.75) is 52.1 Å². The lowest BCUT2D eigenvalue weighted by atomic mass is 10.0. The molecule has 2 N–H and O–H groups in total. The van der Waals surface area contributed by atoms with Crippen molar-refractivity contribution in [2.75, 3.05) is 5.32 Å². The van der Waals surface area contributed by atoms with Crippen LogP contribution in [0.15, 0.2) is 36.5 Å². The van der Waals surface area contributed by atoms with E-state index in [1.54, 1.807) is 33.8 Å². The number of hydrogen-bond acceptors (Lipinski definition) is 6. The molecule has 0 aliphatic rings. The minimum absolute atomic E-state index is 0.00504. The molecule has 0 fully saturated rings. The van der Waals surface area contributed by atoms with E-state index in [0.29, 0.717) is 0 Å². The Morgan fingerprint density at radius 1 is 1.24 bits per heavy atom. The monoisotopic (exact) mass is 480 g/mol. The number of nitriles is 1. The standard InChI is InChI=1S/C22H23F3N4O5/c1-5-16(29(20(31)32)21(2,3)4)19(30)28-14-7-9-18(27-12-14)33-15-8-6-13(11-26)17(10-15)34-22(23,24)25/h6-10,12,16H,5H2,1-4H3,(H,28,30)(H,31,32)/t16-/m1/s1. The van der Waals surface area contributed by atoms with Crippen LogP contribution in [0.25, 0.3) is 0 Å². The second kappa shape index (κ2) is 10.3. The first kappa shape index (κ1) is 26.2. The molecule has 9 nitrogen and oxygen atoms in total. The smallest absolute Gasteiger partial charge is 0.465 e. The number of aromatic nitrogens is 1. The molecule has 0 unspecified atom stereocenters. The lowest BCUT2D eigenvalue weighted by Crippen LogP contribution is -2.55. The number of rotatable bonds is 7. The fraction of sp³-hybridized carbons (Fsp3) is 0.364. The highest BCUT2D eigenvalue weighted by atomic mass is 19.4. The van der Waals surface area contributed by atoms with Gasteiger partial charge in [0.25, 0.3) is 0 Å². The van der Waals surface area contributed by atoms with Gasteiger partial charge in [0.05, 0.1) is 17.4 Å². The number of alkyl halides is 3. The fourth-order valence-corrected chi connectivity index (χ4v) is 3.10. The molecule has 1 aromatic heterocycles. The average Bonchev–Trinajstić information content (AvgIpc) is 2.71. The largest absolute Gasteiger partial charge is 0.573 e. The number of benzene rings is 1. The van der Waals surface area contributed by atoms with Gasteiger partial charge < -0.3 is 19.9 Å². The molecule has 0 aliphatic heterocycles. The van der Waals surface area contributed by atoms with Gasteiger partial charge >= 0.3 is 12.5 Å². The Hall–Kier alpha value is -4.01. The Kier molecular flexibility index (Phi) is 7.94. The Morgan fingerprint density at radius 2 is 1.91 bits per heavy atom. The van der Waals surface area contributed by atoms with Gasteiger partial charge in [-0.05, 0) is 45.4 Å². The zero-order valence-corrected chi connectivity index (χ0v) is 18.8. The predicted octanol–water partition coefficient (Wildman–Crippen LogP) is 5.14. The van der Waals surface area contributed by atoms with Gasteiger partial charge in [-0.2, -0.15) is 5.26 Å². The van der Waals surface area contributed by atoms with Crippen molar-refractivity contribution in [1.29, 1.82) is 5.26 Å². The molecule has 1 atom stereocenters. The van der Waals surface area contributed by atoms with Crippen molar-refractivity contribution in [1.82, 2.24) is 9.88 Å². The van der Waals surface area contributed by atoms with E-state index in [2.05, 4.69) is 15.0 Å². The second-order valence-corrected chi connectivity index (χ2v) is 8.04. The van der Waals surface area contributed by atoms with E-state index < -0.39 is 35.7 Å². The summed E-state index contributed by atoms with van der Waals surface area (Å²) in [7, 11) is 0. The lowest BCUT2D eigenvalue weighted by Gasteiger charge is -2.38. The van der Waals surface area contributed by atoms with E-state index in [1.807, 2.05) is 0 Å². The summed E-state index contributed by atoms with van der Waals surface area (Å²) in [5.74, 6) is -1.33. The van der Waals surface area contributed by atoms with Crippen LogP contribution in [0, 0.1) is 11.3 Å². The van der Waals surface area contributed by atoms with Crippen molar-refractivity contribution < 1.29 is 37.3 Å². The number of anilines is 1. The summed E-state index contributed by atoms with van der Waals surface area (Å²) in [5, 5.41) is 21.1. The van der Waals surface area contributed by atoms with Crippen molar-refractivity contribution >= 4 is 17.7 Å². The van der Waals surface area contributed by atoms with Crippen molar-refractivity contribution in [3.05, 3.63) is 42.1 Å². The molecule has 0 bridgehead atoms. The summed E-state index contributed by atoms with van der Waals surface area (Å²) in [6.45, 7) is 6.73. The van der Waals surface area contributed by atoms with Crippen LogP contribution in [0.1, 0.15) is 39.7 Å². The van der Waals surface area contributed by atoms with E-state index in [0.717, 1.165) is 17.0 Å². The molecule has 12 heteroatoms. The number of carboxylic acid groups (broad SMARTS) is 1. The molecular formula is C22H23F3N4O5. The Morgan fingerprint density at radius 3 is 2.38 bits per heavy atom. The molecule has 0 saturated heterocycles. The average molecular weight is 480 g/mol. The highest BCUT2D eigenvalue weighted by Gasteiger charge is 2.36. The normalized spacial score (nSPS) is 12.3. The van der Waals surface area contributed by atoms with Crippen LogP contribution >= 0.6 is 0 Å². The SMILES string of the molecule is CC[C@H](C(=O)Nc1ccc(Oc2ccc(C#N)c(OC(F)(F)F)c2)nc1)N(C(=O)O)C(C)(C)C. The Balaban J connectivity index is 2.15. The molecule has 34 heavy (non-hydrogen) atoms. The van der Waals surface area contributed by atoms with E-state index in [1.165, 1.54) is 24.4 Å². The molecule has 1 aromatic carbocycles. The number of carbonyl (C=O) groups excluding carboxylic acids is 1. The number of ether oxygens (including phenoxy) is 2. The van der Waals surface area contributed by atoms with E-state index in [-0.39, 0.29) is 29.3 Å². The van der Waals surface area contributed by atoms with Gasteiger partial charge in [-0.1, -0.05) is 6.92 Å². The van der Waals surface area contributed by atoms with Crippen LogP contribution in [-0.4, -0.2) is 44.9 Å². The molecule has 0 spiro atoms. The number of nitrogens with zero attached hydrogens (tertiary/aromatic N) is 3. The van der Waals surface area contributed by atoms with Gasteiger partial charge in [0.2, 0.25) is 11.8 Å². The molecular weight excluding hydrogens is 457 g/mol. The highest BCUT2D eigenvalue weighted by Crippen LogP contribution is 2.31. The Bertz CT molecular complexity index is 1080. The van der Waals surface area contributed by atoms with Gasteiger partial charge in [-0.25, -0.2) is 9.78 Å². The molecule has 2 rings (SSSR count). The van der Waals surface area contributed by atoms with Crippen molar-refractivity contribution in [3.8, 4) is 23.4 Å². The van der Waals surface area contributed by atoms with Crippen molar-refractivity contribution in [2.24, 2.45) is 0 Å². The van der Waals surface area contributed by atoms with Gasteiger partial charge in [0.1, 0.15) is 17.9 Å². The maximum absolute atomic E-state index is 12.7. The summed E-state index contributed by atoms with van der Waals surface area (Å²) in [5.41, 5.74) is -0.877. The first-order valence-corrected chi connectivity index (χ1v) is 10.0. The fourth-order valence-electron chi connectivity index (χ4n) is 3.10. The first-order chi connectivity index (χ1) is 15.7. The third kappa shape index (κ3) is 6.99. The topological polar surface area (TPSA) is 125 Å². The minimum atomic E-state index is -4.98. The lowest BCUT2D eigenvalue weighted by molar-refractivity contribution is -0.274. The molecule has 2 aromatic rings. The van der Waals surface area contributed by atoms with Gasteiger partial charge in [0.15, 0.2) is 5.75 Å². The summed E-state index contributed by atoms with van der Waals surface area (Å²) in [6, 6.07) is 6.74. The summed E-state index contributed by atoms with van der Waals surface area (Å²) in [6.07, 6.45) is -4.72. The van der Waals surface area contributed by atoms with Crippen LogP contribution in [-0.2, 0) is 4.79 Å². The first-order valence-electron chi connectivity index (χ1n) is 10.0. The maximum Gasteiger partial charge on any atom is 0.573 e. The Labute approximate surface area is 193 Å². The summed E-state index contributed by atoms with van der Waals surface area (Å²) in [4.78, 5) is 29.5. The minimum Gasteiger partial charge on any atom is -0.465 e. The zero-order chi connectivity index (χ0) is 25.7. The highest BCUT2D eigenvalue weighted by molar-refractivity contribution is 5.96. The molecule has 182 valence electrons.